The number of hydrogen-bond donors (Lipinski definition) is 1. The predicted octanol–water partition coefficient (Wildman–Crippen LogP) is 3.44. The molecule has 1 aliphatic heterocycles. The molecular weight excluding hydrogens is 339 g/mol. The molecule has 2 heterocycles. The van der Waals surface area contributed by atoms with E-state index < -0.39 is 12.0 Å². The molecule has 120 valence electrons. The third-order valence-corrected chi connectivity index (χ3v) is 4.40. The summed E-state index contributed by atoms with van der Waals surface area (Å²) in [6.07, 6.45) is 1.41. The van der Waals surface area contributed by atoms with Crippen LogP contribution in [0.5, 0.6) is 0 Å². The van der Waals surface area contributed by atoms with Gasteiger partial charge in [0.1, 0.15) is 12.4 Å². The molecule has 0 aliphatic carbocycles. The maximum Gasteiger partial charge on any atom is 0.338 e. The Morgan fingerprint density at radius 2 is 2.22 bits per heavy atom. The molecule has 3 rings (SSSR count). The number of fused-ring (bicyclic) bond motifs is 1. The first-order valence-corrected chi connectivity index (χ1v) is 7.78. The summed E-state index contributed by atoms with van der Waals surface area (Å²) >= 11 is 12.5. The maximum absolute atomic E-state index is 12.5. The molecule has 0 radical (unpaired) electrons. The summed E-state index contributed by atoms with van der Waals surface area (Å²) in [5, 5.41) is 8.05. The Morgan fingerprint density at radius 3 is 2.96 bits per heavy atom. The smallest absolute Gasteiger partial charge is 0.338 e. The van der Waals surface area contributed by atoms with Crippen LogP contribution in [-0.2, 0) is 9.53 Å². The van der Waals surface area contributed by atoms with E-state index >= 15 is 0 Å². The van der Waals surface area contributed by atoms with Crippen molar-refractivity contribution < 1.29 is 9.53 Å². The van der Waals surface area contributed by atoms with E-state index in [0.29, 0.717) is 32.8 Å². The van der Waals surface area contributed by atoms with E-state index in [4.69, 9.17) is 27.9 Å². The van der Waals surface area contributed by atoms with Crippen LogP contribution in [0.15, 0.2) is 35.8 Å². The molecule has 1 aromatic carbocycles. The normalized spacial score (nSPS) is 16.8. The first kappa shape index (κ1) is 15.8. The molecule has 8 heteroatoms. The number of aromatic nitrogens is 3. The number of carbonyl (C=O) groups excluding carboxylic acids is 1. The second-order valence-electron chi connectivity index (χ2n) is 4.96. The lowest BCUT2D eigenvalue weighted by Crippen LogP contribution is -2.29. The number of carbonyl (C=O) groups is 1. The monoisotopic (exact) mass is 352 g/mol. The van der Waals surface area contributed by atoms with Gasteiger partial charge in [-0.2, -0.15) is 10.1 Å². The van der Waals surface area contributed by atoms with Crippen molar-refractivity contribution >= 4 is 35.1 Å². The minimum atomic E-state index is -0.556. The molecule has 23 heavy (non-hydrogen) atoms. The van der Waals surface area contributed by atoms with Gasteiger partial charge < -0.3 is 10.1 Å². The molecule has 6 nitrogen and oxygen atoms in total. The van der Waals surface area contributed by atoms with Crippen molar-refractivity contribution in [2.24, 2.45) is 0 Å². The van der Waals surface area contributed by atoms with E-state index in [2.05, 4.69) is 15.4 Å². The van der Waals surface area contributed by atoms with E-state index in [9.17, 15) is 4.79 Å². The van der Waals surface area contributed by atoms with E-state index in [1.165, 1.54) is 6.33 Å². The first-order chi connectivity index (χ1) is 11.0. The number of rotatable bonds is 3. The lowest BCUT2D eigenvalue weighted by molar-refractivity contribution is -0.139. The Labute approximate surface area is 143 Å². The molecule has 0 bridgehead atoms. The minimum absolute atomic E-state index is 0.274. The number of anilines is 1. The van der Waals surface area contributed by atoms with Crippen LogP contribution in [0.4, 0.5) is 5.95 Å². The van der Waals surface area contributed by atoms with Crippen LogP contribution in [-0.4, -0.2) is 27.3 Å². The fraction of sp³-hybridized carbons (Fsp3) is 0.267. The van der Waals surface area contributed by atoms with Crippen LogP contribution in [0.2, 0.25) is 10.0 Å². The Kier molecular flexibility index (Phi) is 4.28. The summed E-state index contributed by atoms with van der Waals surface area (Å²) in [4.78, 5) is 16.6. The van der Waals surface area contributed by atoms with Crippen LogP contribution >= 0.6 is 23.2 Å². The molecule has 0 fully saturated rings. The van der Waals surface area contributed by atoms with Crippen molar-refractivity contribution in [2.75, 3.05) is 11.9 Å². The molecule has 1 aromatic heterocycles. The summed E-state index contributed by atoms with van der Waals surface area (Å²) in [5.74, 6) is 0.0938. The van der Waals surface area contributed by atoms with Crippen molar-refractivity contribution in [3.8, 4) is 0 Å². The fourth-order valence-corrected chi connectivity index (χ4v) is 2.99. The van der Waals surface area contributed by atoms with Crippen molar-refractivity contribution in [1.29, 1.82) is 0 Å². The van der Waals surface area contributed by atoms with Gasteiger partial charge >= 0.3 is 5.97 Å². The molecule has 0 unspecified atom stereocenters. The van der Waals surface area contributed by atoms with Crippen molar-refractivity contribution in [3.63, 3.8) is 0 Å². The molecule has 0 saturated heterocycles. The van der Waals surface area contributed by atoms with Gasteiger partial charge in [0, 0.05) is 11.3 Å². The first-order valence-electron chi connectivity index (χ1n) is 7.03. The highest BCUT2D eigenvalue weighted by molar-refractivity contribution is 6.42. The van der Waals surface area contributed by atoms with Gasteiger partial charge in [0.2, 0.25) is 5.95 Å². The number of nitrogens with zero attached hydrogens (tertiary/aromatic N) is 3. The fourth-order valence-electron chi connectivity index (χ4n) is 2.58. The highest BCUT2D eigenvalue weighted by atomic mass is 35.5. The standard InChI is InChI=1S/C15H14Cl2N4O2/c1-3-23-14(22)11-8(2)20-15-18-7-19-21(15)13(11)9-5-4-6-10(16)12(9)17/h4-7,13H,3H2,1-2H3,(H,18,19,20)/t13-/m0/s1. The molecule has 2 aromatic rings. The van der Waals surface area contributed by atoms with Gasteiger partial charge in [0.05, 0.1) is 22.2 Å². The third-order valence-electron chi connectivity index (χ3n) is 3.57. The molecule has 0 amide bonds. The zero-order chi connectivity index (χ0) is 16.6. The van der Waals surface area contributed by atoms with Crippen LogP contribution in [0.25, 0.3) is 0 Å². The largest absolute Gasteiger partial charge is 0.463 e. The van der Waals surface area contributed by atoms with Gasteiger partial charge in [0.25, 0.3) is 0 Å². The van der Waals surface area contributed by atoms with Gasteiger partial charge in [-0.05, 0) is 19.9 Å². The van der Waals surface area contributed by atoms with Gasteiger partial charge in [0.15, 0.2) is 0 Å². The number of benzene rings is 1. The molecular formula is C15H14Cl2N4O2. The Hall–Kier alpha value is -2.05. The molecule has 0 spiro atoms. The summed E-state index contributed by atoms with van der Waals surface area (Å²) in [5.41, 5.74) is 1.73. The van der Waals surface area contributed by atoms with Gasteiger partial charge in [-0.25, -0.2) is 9.48 Å². The lowest BCUT2D eigenvalue weighted by Gasteiger charge is -2.28. The number of nitrogens with one attached hydrogen (secondary N) is 1. The molecule has 1 aliphatic rings. The zero-order valence-electron chi connectivity index (χ0n) is 12.5. The second-order valence-corrected chi connectivity index (χ2v) is 5.74. The second kappa shape index (κ2) is 6.22. The summed E-state index contributed by atoms with van der Waals surface area (Å²) < 4.78 is 6.78. The highest BCUT2D eigenvalue weighted by Crippen LogP contribution is 2.40. The van der Waals surface area contributed by atoms with Crippen LogP contribution in [0.3, 0.4) is 0 Å². The topological polar surface area (TPSA) is 69.0 Å². The zero-order valence-corrected chi connectivity index (χ0v) is 14.0. The summed E-state index contributed by atoms with van der Waals surface area (Å²) in [7, 11) is 0. The van der Waals surface area contributed by atoms with E-state index in [0.717, 1.165) is 0 Å². The minimum Gasteiger partial charge on any atom is -0.463 e. The molecule has 1 N–H and O–H groups in total. The highest BCUT2D eigenvalue weighted by Gasteiger charge is 2.35. The van der Waals surface area contributed by atoms with E-state index in [-0.39, 0.29) is 6.61 Å². The van der Waals surface area contributed by atoms with Crippen molar-refractivity contribution in [1.82, 2.24) is 14.8 Å². The average Bonchev–Trinajstić information content (AvgIpc) is 2.97. The molecule has 0 saturated carbocycles. The van der Waals surface area contributed by atoms with Crippen molar-refractivity contribution in [3.05, 3.63) is 51.4 Å². The molecule has 1 atom stereocenters. The maximum atomic E-state index is 12.5. The average molecular weight is 353 g/mol. The predicted molar refractivity (Wildman–Crippen MR) is 87.6 cm³/mol. The van der Waals surface area contributed by atoms with E-state index in [1.807, 2.05) is 6.07 Å². The van der Waals surface area contributed by atoms with E-state index in [1.54, 1.807) is 30.7 Å². The Morgan fingerprint density at radius 1 is 1.43 bits per heavy atom. The van der Waals surface area contributed by atoms with Crippen molar-refractivity contribution in [2.45, 2.75) is 19.9 Å². The Balaban J connectivity index is 2.21. The Bertz CT molecular complexity index is 801. The van der Waals surface area contributed by atoms with Gasteiger partial charge in [-0.1, -0.05) is 35.3 Å². The van der Waals surface area contributed by atoms with Crippen LogP contribution in [0, 0.1) is 0 Å². The van der Waals surface area contributed by atoms with Crippen LogP contribution < -0.4 is 5.32 Å². The quantitative estimate of drug-likeness (QED) is 0.856. The van der Waals surface area contributed by atoms with Gasteiger partial charge in [-0.15, -0.1) is 0 Å². The van der Waals surface area contributed by atoms with Gasteiger partial charge in [-0.3, -0.25) is 0 Å². The summed E-state index contributed by atoms with van der Waals surface area (Å²) in [6.45, 7) is 3.82. The number of hydrogen-bond acceptors (Lipinski definition) is 5. The number of ether oxygens (including phenoxy) is 1. The number of esters is 1. The SMILES string of the molecule is CCOC(=O)C1=C(C)Nc2ncnn2[C@H]1c1cccc(Cl)c1Cl. The van der Waals surface area contributed by atoms with Crippen LogP contribution in [0.1, 0.15) is 25.5 Å². The summed E-state index contributed by atoms with van der Waals surface area (Å²) in [6, 6.07) is 4.72. The number of allylic oxidation sites excluding steroid dienone is 1. The third kappa shape index (κ3) is 2.68. The number of halogens is 2. The lowest BCUT2D eigenvalue weighted by atomic mass is 9.95.